The maximum Gasteiger partial charge on any atom is 0.193 e. The predicted molar refractivity (Wildman–Crippen MR) is 112 cm³/mol. The molecule has 2 heterocycles. The number of guanidine groups is 1. The molecule has 1 aromatic carbocycles. The van der Waals surface area contributed by atoms with Crippen LogP contribution in [0.3, 0.4) is 0 Å². The summed E-state index contributed by atoms with van der Waals surface area (Å²) in [5, 5.41) is 11.7. The third-order valence-corrected chi connectivity index (χ3v) is 3.80. The van der Waals surface area contributed by atoms with Crippen LogP contribution in [0.4, 0.5) is 0 Å². The van der Waals surface area contributed by atoms with Gasteiger partial charge in [0, 0.05) is 46.0 Å². The second-order valence-corrected chi connectivity index (χ2v) is 5.79. The third kappa shape index (κ3) is 5.04. The normalized spacial score (nSPS) is 11.1. The fraction of sp³-hybridized carbons (Fsp3) is 0.294. The minimum Gasteiger partial charge on any atom is -0.352 e. The van der Waals surface area contributed by atoms with E-state index in [1.54, 1.807) is 22.7 Å². The molecule has 2 aromatic heterocycles. The van der Waals surface area contributed by atoms with Crippen molar-refractivity contribution in [1.82, 2.24) is 34.8 Å². The first kappa shape index (κ1) is 19.9. The van der Waals surface area contributed by atoms with E-state index in [1.165, 1.54) is 6.33 Å². The standard InChI is InChI=1S/C17H22N8.HI/c1-18-17(23(2)10-15-9-21-24(3)11-15)20-8-14-5-4-6-16(7-14)25-13-19-12-22-25;/h4-7,9,11-13H,8,10H2,1-3H3,(H,18,20);1H. The van der Waals surface area contributed by atoms with Crippen molar-refractivity contribution in [2.24, 2.45) is 12.0 Å². The average molecular weight is 466 g/mol. The number of hydrogen-bond acceptors (Lipinski definition) is 4. The zero-order chi connectivity index (χ0) is 17.6. The first-order valence-electron chi connectivity index (χ1n) is 7.99. The van der Waals surface area contributed by atoms with Gasteiger partial charge in [0.1, 0.15) is 12.7 Å². The summed E-state index contributed by atoms with van der Waals surface area (Å²) < 4.78 is 3.54. The Kier molecular flexibility index (Phi) is 7.13. The summed E-state index contributed by atoms with van der Waals surface area (Å²) in [6.45, 7) is 1.42. The van der Waals surface area contributed by atoms with Crippen molar-refractivity contribution in [3.8, 4) is 5.69 Å². The van der Waals surface area contributed by atoms with Gasteiger partial charge in [-0.15, -0.1) is 24.0 Å². The number of nitrogens with zero attached hydrogens (tertiary/aromatic N) is 7. The highest BCUT2D eigenvalue weighted by Crippen LogP contribution is 2.09. The van der Waals surface area contributed by atoms with Gasteiger partial charge in [-0.1, -0.05) is 12.1 Å². The summed E-state index contributed by atoms with van der Waals surface area (Å²) in [5.41, 5.74) is 3.26. The lowest BCUT2D eigenvalue weighted by Gasteiger charge is -2.21. The van der Waals surface area contributed by atoms with Crippen molar-refractivity contribution in [2.75, 3.05) is 14.1 Å². The molecule has 0 spiro atoms. The van der Waals surface area contributed by atoms with E-state index in [4.69, 9.17) is 0 Å². The van der Waals surface area contributed by atoms with Gasteiger partial charge in [0.15, 0.2) is 5.96 Å². The van der Waals surface area contributed by atoms with E-state index in [0.29, 0.717) is 6.54 Å². The highest BCUT2D eigenvalue weighted by molar-refractivity contribution is 14.0. The van der Waals surface area contributed by atoms with E-state index < -0.39 is 0 Å². The number of benzene rings is 1. The lowest BCUT2D eigenvalue weighted by molar-refractivity contribution is 0.476. The molecule has 0 aliphatic carbocycles. The maximum atomic E-state index is 4.36. The monoisotopic (exact) mass is 466 g/mol. The summed E-state index contributed by atoms with van der Waals surface area (Å²) >= 11 is 0. The van der Waals surface area contributed by atoms with Gasteiger partial charge in [-0.05, 0) is 17.7 Å². The minimum atomic E-state index is 0. The Balaban J connectivity index is 0.00000243. The molecule has 0 fully saturated rings. The topological polar surface area (TPSA) is 76.2 Å². The quantitative estimate of drug-likeness (QED) is 0.353. The van der Waals surface area contributed by atoms with Gasteiger partial charge in [0.05, 0.1) is 11.9 Å². The molecule has 138 valence electrons. The molecule has 0 aliphatic rings. The van der Waals surface area contributed by atoms with Gasteiger partial charge in [-0.3, -0.25) is 9.67 Å². The van der Waals surface area contributed by atoms with Crippen molar-refractivity contribution in [2.45, 2.75) is 13.1 Å². The van der Waals surface area contributed by atoms with Crippen LogP contribution in [0.5, 0.6) is 0 Å². The zero-order valence-corrected chi connectivity index (χ0v) is 17.4. The van der Waals surface area contributed by atoms with Gasteiger partial charge in [-0.2, -0.15) is 10.2 Å². The van der Waals surface area contributed by atoms with Gasteiger partial charge in [0.2, 0.25) is 0 Å². The van der Waals surface area contributed by atoms with E-state index in [1.807, 2.05) is 38.6 Å². The predicted octanol–water partition coefficient (Wildman–Crippen LogP) is 1.83. The molecule has 1 N–H and O–H groups in total. The van der Waals surface area contributed by atoms with Crippen LogP contribution >= 0.6 is 24.0 Å². The molecule has 3 aromatic rings. The number of halogens is 1. The number of hydrogen-bond donors (Lipinski definition) is 1. The van der Waals surface area contributed by atoms with Crippen LogP contribution in [0, 0.1) is 0 Å². The van der Waals surface area contributed by atoms with Crippen LogP contribution < -0.4 is 5.32 Å². The first-order chi connectivity index (χ1) is 12.2. The number of aryl methyl sites for hydroxylation is 1. The van der Waals surface area contributed by atoms with Gasteiger partial charge >= 0.3 is 0 Å². The molecule has 0 saturated carbocycles. The van der Waals surface area contributed by atoms with Crippen molar-refractivity contribution in [3.63, 3.8) is 0 Å². The van der Waals surface area contributed by atoms with Gasteiger partial charge in [0.25, 0.3) is 0 Å². The maximum absolute atomic E-state index is 4.36. The Bertz CT molecular complexity index is 840. The molecule has 0 amide bonds. The van der Waals surface area contributed by atoms with Crippen LogP contribution in [0.15, 0.2) is 54.3 Å². The number of aromatic nitrogens is 5. The average Bonchev–Trinajstić information content (AvgIpc) is 3.28. The summed E-state index contributed by atoms with van der Waals surface area (Å²) in [6, 6.07) is 8.16. The van der Waals surface area contributed by atoms with Crippen LogP contribution in [-0.4, -0.2) is 49.5 Å². The molecule has 8 nitrogen and oxygen atoms in total. The Morgan fingerprint density at radius 3 is 2.77 bits per heavy atom. The Hall–Kier alpha value is -2.43. The Morgan fingerprint density at radius 1 is 1.27 bits per heavy atom. The van der Waals surface area contributed by atoms with Crippen LogP contribution in [-0.2, 0) is 20.1 Å². The molecule has 0 bridgehead atoms. The molecular weight excluding hydrogens is 443 g/mol. The molecule has 0 aliphatic heterocycles. The summed E-state index contributed by atoms with van der Waals surface area (Å²) in [5.74, 6) is 0.829. The number of aliphatic imine (C=N–C) groups is 1. The van der Waals surface area contributed by atoms with Crippen molar-refractivity contribution in [3.05, 3.63) is 60.4 Å². The highest BCUT2D eigenvalue weighted by Gasteiger charge is 2.08. The van der Waals surface area contributed by atoms with E-state index in [-0.39, 0.29) is 24.0 Å². The summed E-state index contributed by atoms with van der Waals surface area (Å²) in [7, 11) is 5.71. The number of rotatable bonds is 5. The highest BCUT2D eigenvalue weighted by atomic mass is 127. The van der Waals surface area contributed by atoms with Crippen LogP contribution in [0.2, 0.25) is 0 Å². The third-order valence-electron chi connectivity index (χ3n) is 3.80. The molecule has 0 saturated heterocycles. The van der Waals surface area contributed by atoms with Crippen LogP contribution in [0.1, 0.15) is 11.1 Å². The summed E-state index contributed by atoms with van der Waals surface area (Å²) in [4.78, 5) is 10.4. The molecular formula is C17H23IN8. The summed E-state index contributed by atoms with van der Waals surface area (Å²) in [6.07, 6.45) is 7.09. The van der Waals surface area contributed by atoms with Gasteiger partial charge < -0.3 is 10.2 Å². The van der Waals surface area contributed by atoms with Gasteiger partial charge in [-0.25, -0.2) is 9.67 Å². The second kappa shape index (κ2) is 9.32. The first-order valence-corrected chi connectivity index (χ1v) is 7.99. The van der Waals surface area contributed by atoms with Crippen molar-refractivity contribution >= 4 is 29.9 Å². The SMILES string of the molecule is CN=C(NCc1cccc(-n2cncn2)c1)N(C)Cc1cnn(C)c1.I. The molecule has 9 heteroatoms. The minimum absolute atomic E-state index is 0. The van der Waals surface area contributed by atoms with E-state index in [2.05, 4.69) is 42.5 Å². The Morgan fingerprint density at radius 2 is 2.12 bits per heavy atom. The molecule has 0 atom stereocenters. The molecule has 26 heavy (non-hydrogen) atoms. The van der Waals surface area contributed by atoms with E-state index in [9.17, 15) is 0 Å². The molecule has 0 radical (unpaired) electrons. The smallest absolute Gasteiger partial charge is 0.193 e. The van der Waals surface area contributed by atoms with Crippen LogP contribution in [0.25, 0.3) is 5.69 Å². The van der Waals surface area contributed by atoms with Crippen molar-refractivity contribution < 1.29 is 0 Å². The van der Waals surface area contributed by atoms with E-state index in [0.717, 1.165) is 29.3 Å². The fourth-order valence-corrected chi connectivity index (χ4v) is 2.62. The zero-order valence-electron chi connectivity index (χ0n) is 15.1. The molecule has 0 unspecified atom stereocenters. The second-order valence-electron chi connectivity index (χ2n) is 5.79. The Labute approximate surface area is 170 Å². The largest absolute Gasteiger partial charge is 0.352 e. The van der Waals surface area contributed by atoms with Crippen molar-refractivity contribution in [1.29, 1.82) is 0 Å². The van der Waals surface area contributed by atoms with E-state index >= 15 is 0 Å². The lowest BCUT2D eigenvalue weighted by Crippen LogP contribution is -2.38. The fourth-order valence-electron chi connectivity index (χ4n) is 2.62. The molecule has 3 rings (SSSR count). The number of nitrogens with one attached hydrogen (secondary N) is 1. The lowest BCUT2D eigenvalue weighted by atomic mass is 10.2.